The maximum atomic E-state index is 11.3. The highest BCUT2D eigenvalue weighted by Crippen LogP contribution is 2.22. The second-order valence-corrected chi connectivity index (χ2v) is 4.67. The van der Waals surface area contributed by atoms with Gasteiger partial charge in [-0.2, -0.15) is 5.10 Å². The number of hydrogen-bond donors (Lipinski definition) is 1. The van der Waals surface area contributed by atoms with Crippen molar-refractivity contribution in [2.75, 3.05) is 13.7 Å². The van der Waals surface area contributed by atoms with Crippen LogP contribution in [0, 0.1) is 0 Å². The molecule has 1 N–H and O–H groups in total. The zero-order valence-electron chi connectivity index (χ0n) is 13.1. The molecule has 0 saturated carbocycles. The van der Waals surface area contributed by atoms with Crippen LogP contribution in [0.2, 0.25) is 0 Å². The van der Waals surface area contributed by atoms with Crippen LogP contribution in [0.15, 0.2) is 41.5 Å². The lowest BCUT2D eigenvalue weighted by atomic mass is 10.0. The molecule has 0 aliphatic carbocycles. The Labute approximate surface area is 129 Å². The van der Waals surface area contributed by atoms with E-state index in [2.05, 4.69) is 10.5 Å². The lowest BCUT2D eigenvalue weighted by molar-refractivity contribution is 0.152. The quantitative estimate of drug-likeness (QED) is 0.676. The van der Waals surface area contributed by atoms with Gasteiger partial charge in [-0.15, -0.1) is 0 Å². The van der Waals surface area contributed by atoms with Gasteiger partial charge in [-0.1, -0.05) is 25.1 Å². The van der Waals surface area contributed by atoms with Gasteiger partial charge in [0.15, 0.2) is 0 Å². The molecule has 0 radical (unpaired) electrons. The normalized spacial score (nSPS) is 11.3. The first kappa shape index (κ1) is 15.8. The van der Waals surface area contributed by atoms with Gasteiger partial charge in [-0.3, -0.25) is 0 Å². The van der Waals surface area contributed by atoms with E-state index in [-0.39, 0.29) is 0 Å². The van der Waals surface area contributed by atoms with Crippen LogP contribution >= 0.6 is 0 Å². The van der Waals surface area contributed by atoms with E-state index in [1.807, 2.05) is 43.3 Å². The van der Waals surface area contributed by atoms with Crippen molar-refractivity contribution in [1.29, 1.82) is 0 Å². The molecule has 0 heterocycles. The fourth-order valence-electron chi connectivity index (χ4n) is 2.15. The summed E-state index contributed by atoms with van der Waals surface area (Å²) in [5.41, 5.74) is 4.17. The van der Waals surface area contributed by atoms with Gasteiger partial charge in [0.05, 0.1) is 19.4 Å². The number of amides is 1. The standard InChI is InChI=1S/C17H20N2O3/c1-4-16(18-19-17(20)22-5-2)14-7-6-13-11-15(21-3)9-8-12(13)10-14/h6-11H,4-5H2,1-3H3,(H,19,20)/b18-16-. The van der Waals surface area contributed by atoms with E-state index in [4.69, 9.17) is 9.47 Å². The maximum absolute atomic E-state index is 11.3. The maximum Gasteiger partial charge on any atom is 0.427 e. The molecule has 0 fully saturated rings. The van der Waals surface area contributed by atoms with Crippen molar-refractivity contribution in [2.24, 2.45) is 5.10 Å². The molecule has 0 aromatic heterocycles. The molecule has 0 unspecified atom stereocenters. The van der Waals surface area contributed by atoms with Crippen molar-refractivity contribution in [3.63, 3.8) is 0 Å². The number of carbonyl (C=O) groups excluding carboxylic acids is 1. The van der Waals surface area contributed by atoms with Crippen LogP contribution in [-0.4, -0.2) is 25.5 Å². The van der Waals surface area contributed by atoms with E-state index in [0.29, 0.717) is 13.0 Å². The number of rotatable bonds is 5. The Morgan fingerprint density at radius 2 is 1.86 bits per heavy atom. The molecule has 5 heteroatoms. The van der Waals surface area contributed by atoms with Crippen molar-refractivity contribution in [2.45, 2.75) is 20.3 Å². The van der Waals surface area contributed by atoms with Crippen LogP contribution in [0.25, 0.3) is 10.8 Å². The Morgan fingerprint density at radius 3 is 2.55 bits per heavy atom. The molecule has 0 saturated heterocycles. The van der Waals surface area contributed by atoms with E-state index in [9.17, 15) is 4.79 Å². The number of methoxy groups -OCH3 is 1. The number of fused-ring (bicyclic) bond motifs is 1. The minimum atomic E-state index is -0.543. The molecular formula is C17H20N2O3. The minimum absolute atomic E-state index is 0.320. The summed E-state index contributed by atoms with van der Waals surface area (Å²) in [6.07, 6.45) is 0.160. The van der Waals surface area contributed by atoms with Gasteiger partial charge in [-0.25, -0.2) is 10.2 Å². The van der Waals surface area contributed by atoms with E-state index >= 15 is 0 Å². The summed E-state index contributed by atoms with van der Waals surface area (Å²) in [4.78, 5) is 11.3. The minimum Gasteiger partial charge on any atom is -0.497 e. The van der Waals surface area contributed by atoms with Gasteiger partial charge in [0, 0.05) is 0 Å². The lowest BCUT2D eigenvalue weighted by Crippen LogP contribution is -2.20. The summed E-state index contributed by atoms with van der Waals surface area (Å²) < 4.78 is 10.0. The molecular weight excluding hydrogens is 280 g/mol. The summed E-state index contributed by atoms with van der Waals surface area (Å²) in [6, 6.07) is 12.0. The van der Waals surface area contributed by atoms with Gasteiger partial charge in [-0.05, 0) is 47.9 Å². The Kier molecular flexibility index (Phi) is 5.36. The number of benzene rings is 2. The van der Waals surface area contributed by atoms with Gasteiger partial charge < -0.3 is 9.47 Å². The molecule has 2 aromatic rings. The number of nitrogens with zero attached hydrogens (tertiary/aromatic N) is 1. The van der Waals surface area contributed by atoms with E-state index in [1.54, 1.807) is 14.0 Å². The zero-order valence-corrected chi connectivity index (χ0v) is 13.1. The third kappa shape index (κ3) is 3.75. The Balaban J connectivity index is 2.27. The third-order valence-electron chi connectivity index (χ3n) is 3.27. The Hall–Kier alpha value is -2.56. The fraction of sp³-hybridized carbons (Fsp3) is 0.294. The summed E-state index contributed by atoms with van der Waals surface area (Å²) >= 11 is 0. The molecule has 0 aliphatic rings. The Morgan fingerprint density at radius 1 is 1.14 bits per heavy atom. The van der Waals surface area contributed by atoms with Crippen LogP contribution in [0.3, 0.4) is 0 Å². The van der Waals surface area contributed by atoms with Crippen LogP contribution in [0.5, 0.6) is 5.75 Å². The summed E-state index contributed by atoms with van der Waals surface area (Å²) in [5, 5.41) is 6.33. The average molecular weight is 300 g/mol. The first-order valence-corrected chi connectivity index (χ1v) is 7.25. The second kappa shape index (κ2) is 7.45. The molecule has 116 valence electrons. The van der Waals surface area contributed by atoms with Crippen LogP contribution < -0.4 is 10.2 Å². The number of nitrogens with one attached hydrogen (secondary N) is 1. The average Bonchev–Trinajstić information content (AvgIpc) is 2.55. The van der Waals surface area contributed by atoms with Crippen molar-refractivity contribution in [3.8, 4) is 5.75 Å². The van der Waals surface area contributed by atoms with Gasteiger partial charge in [0.2, 0.25) is 0 Å². The molecule has 2 aromatic carbocycles. The van der Waals surface area contributed by atoms with E-state index < -0.39 is 6.09 Å². The first-order valence-electron chi connectivity index (χ1n) is 7.25. The van der Waals surface area contributed by atoms with Crippen molar-refractivity contribution in [3.05, 3.63) is 42.0 Å². The molecule has 0 atom stereocenters. The molecule has 5 nitrogen and oxygen atoms in total. The number of carbonyl (C=O) groups is 1. The van der Waals surface area contributed by atoms with Crippen molar-refractivity contribution < 1.29 is 14.3 Å². The number of hydrogen-bond acceptors (Lipinski definition) is 4. The SMILES string of the molecule is CCOC(=O)N/N=C(/CC)c1ccc2cc(OC)ccc2c1. The molecule has 22 heavy (non-hydrogen) atoms. The summed E-state index contributed by atoms with van der Waals surface area (Å²) in [7, 11) is 1.65. The van der Waals surface area contributed by atoms with Crippen LogP contribution in [-0.2, 0) is 4.74 Å². The molecule has 0 aliphatic heterocycles. The zero-order chi connectivity index (χ0) is 15.9. The first-order chi connectivity index (χ1) is 10.7. The molecule has 2 rings (SSSR count). The topological polar surface area (TPSA) is 59.9 Å². The summed E-state index contributed by atoms with van der Waals surface area (Å²) in [5.74, 6) is 0.827. The molecule has 0 spiro atoms. The third-order valence-corrected chi connectivity index (χ3v) is 3.27. The second-order valence-electron chi connectivity index (χ2n) is 4.67. The van der Waals surface area contributed by atoms with Gasteiger partial charge in [0.1, 0.15) is 5.75 Å². The predicted octanol–water partition coefficient (Wildman–Crippen LogP) is 3.71. The van der Waals surface area contributed by atoms with Crippen molar-refractivity contribution in [1.82, 2.24) is 5.43 Å². The van der Waals surface area contributed by atoms with Crippen molar-refractivity contribution >= 4 is 22.6 Å². The highest BCUT2D eigenvalue weighted by Gasteiger charge is 2.05. The molecule has 1 amide bonds. The highest BCUT2D eigenvalue weighted by molar-refractivity contribution is 6.03. The monoisotopic (exact) mass is 300 g/mol. The highest BCUT2D eigenvalue weighted by atomic mass is 16.5. The van der Waals surface area contributed by atoms with Crippen LogP contribution in [0.4, 0.5) is 4.79 Å². The van der Waals surface area contributed by atoms with E-state index in [1.165, 1.54) is 0 Å². The fourth-order valence-corrected chi connectivity index (χ4v) is 2.15. The number of ether oxygens (including phenoxy) is 2. The predicted molar refractivity (Wildman–Crippen MR) is 87.5 cm³/mol. The van der Waals surface area contributed by atoms with E-state index in [0.717, 1.165) is 27.8 Å². The Bertz CT molecular complexity index is 695. The summed E-state index contributed by atoms with van der Waals surface area (Å²) in [6.45, 7) is 4.06. The lowest BCUT2D eigenvalue weighted by Gasteiger charge is -2.08. The molecule has 0 bridgehead atoms. The smallest absolute Gasteiger partial charge is 0.427 e. The van der Waals surface area contributed by atoms with Gasteiger partial charge >= 0.3 is 6.09 Å². The van der Waals surface area contributed by atoms with Gasteiger partial charge in [0.25, 0.3) is 0 Å². The number of hydrazone groups is 1. The largest absolute Gasteiger partial charge is 0.497 e. The van der Waals surface area contributed by atoms with Crippen LogP contribution in [0.1, 0.15) is 25.8 Å².